The lowest BCUT2D eigenvalue weighted by Gasteiger charge is -2.01. The molecular formula is C9H10N4O2S2. The third-order valence-corrected chi connectivity index (χ3v) is 4.67. The predicted molar refractivity (Wildman–Crippen MR) is 63.5 cm³/mol. The Morgan fingerprint density at radius 3 is 2.94 bits per heavy atom. The van der Waals surface area contributed by atoms with Gasteiger partial charge in [-0.1, -0.05) is 0 Å². The molecule has 0 aromatic carbocycles. The maximum absolute atomic E-state index is 11.8. The van der Waals surface area contributed by atoms with Crippen molar-refractivity contribution in [2.75, 3.05) is 4.72 Å². The molecule has 1 saturated carbocycles. The van der Waals surface area contributed by atoms with Gasteiger partial charge < -0.3 is 4.98 Å². The monoisotopic (exact) mass is 270 g/mol. The number of aromatic amines is 1. The van der Waals surface area contributed by atoms with Gasteiger partial charge in [-0.3, -0.25) is 4.72 Å². The molecule has 0 aliphatic heterocycles. The molecule has 1 aliphatic rings. The summed E-state index contributed by atoms with van der Waals surface area (Å²) in [7, 11) is -3.58. The third-order valence-electron chi connectivity index (χ3n) is 2.50. The summed E-state index contributed by atoms with van der Waals surface area (Å²) in [5.41, 5.74) is 0.984. The van der Waals surface area contributed by atoms with Crippen molar-refractivity contribution in [1.82, 2.24) is 15.0 Å². The molecule has 0 bridgehead atoms. The number of thiazole rings is 1. The van der Waals surface area contributed by atoms with Crippen LogP contribution in [-0.4, -0.2) is 23.4 Å². The van der Waals surface area contributed by atoms with Crippen LogP contribution in [0.15, 0.2) is 22.9 Å². The van der Waals surface area contributed by atoms with Gasteiger partial charge in [0.25, 0.3) is 10.0 Å². The first-order chi connectivity index (χ1) is 8.15. The van der Waals surface area contributed by atoms with Crippen LogP contribution in [0.5, 0.6) is 0 Å². The highest BCUT2D eigenvalue weighted by Crippen LogP contribution is 2.41. The highest BCUT2D eigenvalue weighted by molar-refractivity contribution is 7.92. The maximum atomic E-state index is 11.8. The fraction of sp³-hybridized carbons (Fsp3) is 0.333. The van der Waals surface area contributed by atoms with E-state index >= 15 is 0 Å². The van der Waals surface area contributed by atoms with Gasteiger partial charge in [0.05, 0.1) is 18.2 Å². The van der Waals surface area contributed by atoms with E-state index in [2.05, 4.69) is 19.7 Å². The fourth-order valence-corrected chi connectivity index (χ4v) is 3.41. The van der Waals surface area contributed by atoms with Gasteiger partial charge in [-0.2, -0.15) is 8.42 Å². The van der Waals surface area contributed by atoms with Crippen LogP contribution in [0.4, 0.5) is 5.13 Å². The Kier molecular flexibility index (Phi) is 2.40. The normalized spacial score (nSPS) is 16.0. The van der Waals surface area contributed by atoms with Crippen LogP contribution in [0.1, 0.15) is 24.5 Å². The first kappa shape index (κ1) is 10.7. The molecule has 2 aromatic heterocycles. The number of hydrogen-bond donors (Lipinski definition) is 2. The zero-order valence-corrected chi connectivity index (χ0v) is 10.4. The lowest BCUT2D eigenvalue weighted by Crippen LogP contribution is -2.13. The molecule has 8 heteroatoms. The molecule has 90 valence electrons. The van der Waals surface area contributed by atoms with Crippen LogP contribution < -0.4 is 4.72 Å². The Labute approximate surface area is 102 Å². The number of nitrogens with zero attached hydrogens (tertiary/aromatic N) is 2. The minimum absolute atomic E-state index is 0.0423. The summed E-state index contributed by atoms with van der Waals surface area (Å²) in [6.45, 7) is 0. The average Bonchev–Trinajstić information content (AvgIpc) is 2.81. The molecule has 2 N–H and O–H groups in total. The van der Waals surface area contributed by atoms with Gasteiger partial charge in [-0.25, -0.2) is 9.97 Å². The first-order valence-electron chi connectivity index (χ1n) is 5.12. The van der Waals surface area contributed by atoms with Crippen LogP contribution in [0, 0.1) is 0 Å². The quantitative estimate of drug-likeness (QED) is 0.882. The van der Waals surface area contributed by atoms with Crippen LogP contribution in [0.3, 0.4) is 0 Å². The summed E-state index contributed by atoms with van der Waals surface area (Å²) in [6.07, 6.45) is 4.89. The number of aromatic nitrogens is 3. The Hall–Kier alpha value is -1.41. The topological polar surface area (TPSA) is 87.7 Å². The van der Waals surface area contributed by atoms with E-state index in [-0.39, 0.29) is 5.03 Å². The van der Waals surface area contributed by atoms with E-state index in [0.29, 0.717) is 11.0 Å². The molecule has 0 radical (unpaired) electrons. The van der Waals surface area contributed by atoms with E-state index in [9.17, 15) is 8.42 Å². The number of H-pyrrole nitrogens is 1. The first-order valence-corrected chi connectivity index (χ1v) is 7.48. The third kappa shape index (κ3) is 2.18. The van der Waals surface area contributed by atoms with Crippen molar-refractivity contribution in [1.29, 1.82) is 0 Å². The van der Waals surface area contributed by atoms with E-state index < -0.39 is 10.0 Å². The van der Waals surface area contributed by atoms with Gasteiger partial charge in [0.2, 0.25) is 0 Å². The molecule has 2 heterocycles. The second-order valence-corrected chi connectivity index (χ2v) is 6.38. The molecule has 0 spiro atoms. The van der Waals surface area contributed by atoms with Crippen molar-refractivity contribution in [3.8, 4) is 0 Å². The van der Waals surface area contributed by atoms with Crippen molar-refractivity contribution in [3.05, 3.63) is 23.6 Å². The van der Waals surface area contributed by atoms with Crippen molar-refractivity contribution in [2.24, 2.45) is 0 Å². The summed E-state index contributed by atoms with van der Waals surface area (Å²) < 4.78 is 26.1. The molecule has 2 aromatic rings. The molecular weight excluding hydrogens is 260 g/mol. The smallest absolute Gasteiger partial charge is 0.280 e. The molecule has 3 rings (SSSR count). The molecule has 1 fully saturated rings. The van der Waals surface area contributed by atoms with Crippen molar-refractivity contribution in [3.63, 3.8) is 0 Å². The summed E-state index contributed by atoms with van der Waals surface area (Å²) in [4.78, 5) is 10.5. The number of anilines is 1. The van der Waals surface area contributed by atoms with Crippen molar-refractivity contribution in [2.45, 2.75) is 23.8 Å². The van der Waals surface area contributed by atoms with Gasteiger partial charge in [0, 0.05) is 11.3 Å². The molecule has 6 nitrogen and oxygen atoms in total. The summed E-state index contributed by atoms with van der Waals surface area (Å²) in [6, 6.07) is 0. The minimum atomic E-state index is -3.58. The lowest BCUT2D eigenvalue weighted by molar-refractivity contribution is 0.598. The van der Waals surface area contributed by atoms with E-state index in [1.807, 2.05) is 5.38 Å². The van der Waals surface area contributed by atoms with Gasteiger partial charge >= 0.3 is 0 Å². The Balaban J connectivity index is 1.81. The molecule has 0 atom stereocenters. The zero-order chi connectivity index (χ0) is 11.9. The molecule has 0 amide bonds. The van der Waals surface area contributed by atoms with Crippen LogP contribution in [0.25, 0.3) is 0 Å². The largest absolute Gasteiger partial charge is 0.334 e. The molecule has 1 aliphatic carbocycles. The average molecular weight is 270 g/mol. The number of rotatable bonds is 4. The van der Waals surface area contributed by atoms with Gasteiger partial charge in [0.1, 0.15) is 0 Å². The summed E-state index contributed by atoms with van der Waals surface area (Å²) in [5.74, 6) is 0.525. The maximum Gasteiger partial charge on any atom is 0.280 e. The summed E-state index contributed by atoms with van der Waals surface area (Å²) in [5, 5.41) is 2.35. The number of nitrogens with one attached hydrogen (secondary N) is 2. The zero-order valence-electron chi connectivity index (χ0n) is 8.75. The van der Waals surface area contributed by atoms with Crippen LogP contribution in [0.2, 0.25) is 0 Å². The van der Waals surface area contributed by atoms with Crippen molar-refractivity contribution >= 4 is 26.5 Å². The SMILES string of the molecule is O=S(=O)(Nc1nc(C2CC2)cs1)c1cnc[nH]1. The molecule has 17 heavy (non-hydrogen) atoms. The Morgan fingerprint density at radius 1 is 1.47 bits per heavy atom. The van der Waals surface area contributed by atoms with E-state index in [1.54, 1.807) is 0 Å². The Morgan fingerprint density at radius 2 is 2.29 bits per heavy atom. The molecule has 0 saturated heterocycles. The molecule has 0 unspecified atom stereocenters. The number of sulfonamides is 1. The highest BCUT2D eigenvalue weighted by Gasteiger charge is 2.27. The van der Waals surface area contributed by atoms with E-state index in [4.69, 9.17) is 0 Å². The van der Waals surface area contributed by atoms with E-state index in [1.165, 1.54) is 23.9 Å². The van der Waals surface area contributed by atoms with Gasteiger partial charge in [0.15, 0.2) is 10.2 Å². The number of hydrogen-bond acceptors (Lipinski definition) is 5. The second kappa shape index (κ2) is 3.81. The van der Waals surface area contributed by atoms with Crippen LogP contribution in [-0.2, 0) is 10.0 Å². The van der Waals surface area contributed by atoms with Gasteiger partial charge in [-0.15, -0.1) is 11.3 Å². The standard InChI is InChI=1S/C9H10N4O2S2/c14-17(15,8-3-10-5-11-8)13-9-12-7(4-16-9)6-1-2-6/h3-6H,1-2H2,(H,10,11)(H,12,13). The Bertz CT molecular complexity index is 613. The highest BCUT2D eigenvalue weighted by atomic mass is 32.2. The minimum Gasteiger partial charge on any atom is -0.334 e. The van der Waals surface area contributed by atoms with Crippen molar-refractivity contribution < 1.29 is 8.42 Å². The summed E-state index contributed by atoms with van der Waals surface area (Å²) >= 11 is 1.31. The second-order valence-electron chi connectivity index (χ2n) is 3.87. The van der Waals surface area contributed by atoms with E-state index in [0.717, 1.165) is 18.5 Å². The fourth-order valence-electron chi connectivity index (χ4n) is 1.46. The van der Waals surface area contributed by atoms with Crippen LogP contribution >= 0.6 is 11.3 Å². The predicted octanol–water partition coefficient (Wildman–Crippen LogP) is 1.54. The number of imidazole rings is 1. The van der Waals surface area contributed by atoms with Gasteiger partial charge in [-0.05, 0) is 12.8 Å². The lowest BCUT2D eigenvalue weighted by atomic mass is 10.3.